The summed E-state index contributed by atoms with van der Waals surface area (Å²) in [4.78, 5) is 11.9. The van der Waals surface area contributed by atoms with Gasteiger partial charge in [-0.25, -0.2) is 13.2 Å². The van der Waals surface area contributed by atoms with E-state index in [-0.39, 0.29) is 11.5 Å². The Morgan fingerprint density at radius 3 is 2.71 bits per heavy atom. The number of carbonyl (C=O) groups excluding carboxylic acids is 1. The maximum absolute atomic E-state index is 13.5. The second-order valence-electron chi connectivity index (χ2n) is 6.03. The lowest BCUT2D eigenvalue weighted by Crippen LogP contribution is -2.52. The maximum Gasteiger partial charge on any atom is 0.254 e. The molecule has 0 bridgehead atoms. The molecule has 3 nitrogen and oxygen atoms in total. The first-order valence-electron chi connectivity index (χ1n) is 6.98. The third kappa shape index (κ3) is 3.37. The molecule has 1 heterocycles. The quantitative estimate of drug-likeness (QED) is 0.843. The van der Waals surface area contributed by atoms with Crippen LogP contribution in [-0.4, -0.2) is 25.0 Å². The predicted molar refractivity (Wildman–Crippen MR) is 73.5 cm³/mol. The van der Waals surface area contributed by atoms with Gasteiger partial charge < -0.3 is 10.6 Å². The smallest absolute Gasteiger partial charge is 0.254 e. The van der Waals surface area contributed by atoms with E-state index in [1.54, 1.807) is 0 Å². The molecule has 2 rings (SSSR count). The Kier molecular flexibility index (Phi) is 4.56. The van der Waals surface area contributed by atoms with Crippen molar-refractivity contribution in [1.82, 2.24) is 10.6 Å². The molecular formula is C15H19F3N2O. The predicted octanol–water partition coefficient (Wildman–Crippen LogP) is 2.61. The summed E-state index contributed by atoms with van der Waals surface area (Å²) in [7, 11) is 0. The molecule has 1 atom stereocenters. The third-order valence-electron chi connectivity index (χ3n) is 4.08. The molecule has 0 aliphatic carbocycles. The van der Waals surface area contributed by atoms with Crippen LogP contribution >= 0.6 is 0 Å². The number of rotatable bonds is 3. The molecular weight excluding hydrogens is 281 g/mol. The zero-order valence-electron chi connectivity index (χ0n) is 12.1. The van der Waals surface area contributed by atoms with Gasteiger partial charge in [-0.2, -0.15) is 0 Å². The Bertz CT molecular complexity index is 546. The van der Waals surface area contributed by atoms with E-state index < -0.39 is 28.9 Å². The maximum atomic E-state index is 13.5. The van der Waals surface area contributed by atoms with E-state index in [2.05, 4.69) is 24.5 Å². The average Bonchev–Trinajstić information content (AvgIpc) is 2.43. The molecule has 116 valence electrons. The Morgan fingerprint density at radius 1 is 1.33 bits per heavy atom. The van der Waals surface area contributed by atoms with Crippen LogP contribution in [0.2, 0.25) is 0 Å². The van der Waals surface area contributed by atoms with Crippen LogP contribution in [0.1, 0.15) is 37.0 Å². The summed E-state index contributed by atoms with van der Waals surface area (Å²) in [5.41, 5.74) is -0.472. The van der Waals surface area contributed by atoms with Crippen LogP contribution in [0.3, 0.4) is 0 Å². The first kappa shape index (κ1) is 15.8. The molecule has 1 fully saturated rings. The molecule has 1 aromatic carbocycles. The Labute approximate surface area is 121 Å². The highest BCUT2D eigenvalue weighted by atomic mass is 19.2. The Morgan fingerprint density at radius 2 is 2.05 bits per heavy atom. The Balaban J connectivity index is 2.04. The number of hydrogen-bond acceptors (Lipinski definition) is 2. The van der Waals surface area contributed by atoms with Crippen molar-refractivity contribution >= 4 is 5.91 Å². The standard InChI is InChI=1S/C15H19F3N2O/c1-15(2)6-3-7-19-11(15)8-20-14(21)9-4-5-10(16)13(18)12(9)17/h4-5,11,19H,3,6-8H2,1-2H3,(H,20,21). The highest BCUT2D eigenvalue weighted by Gasteiger charge is 2.32. The average molecular weight is 300 g/mol. The van der Waals surface area contributed by atoms with Crippen LogP contribution in [0.25, 0.3) is 0 Å². The molecule has 0 radical (unpaired) electrons. The second-order valence-corrected chi connectivity index (χ2v) is 6.03. The van der Waals surface area contributed by atoms with Gasteiger partial charge in [0.2, 0.25) is 0 Å². The van der Waals surface area contributed by atoms with Gasteiger partial charge in [-0.05, 0) is 36.9 Å². The van der Waals surface area contributed by atoms with Crippen molar-refractivity contribution in [3.63, 3.8) is 0 Å². The van der Waals surface area contributed by atoms with Gasteiger partial charge in [0.1, 0.15) is 0 Å². The van der Waals surface area contributed by atoms with Crippen LogP contribution in [0.4, 0.5) is 13.2 Å². The first-order valence-corrected chi connectivity index (χ1v) is 6.98. The molecule has 1 aliphatic rings. The topological polar surface area (TPSA) is 41.1 Å². The highest BCUT2D eigenvalue weighted by Crippen LogP contribution is 2.29. The van der Waals surface area contributed by atoms with Crippen LogP contribution in [-0.2, 0) is 0 Å². The molecule has 1 saturated heterocycles. The van der Waals surface area contributed by atoms with Crippen LogP contribution in [0, 0.1) is 22.9 Å². The van der Waals surface area contributed by atoms with Crippen LogP contribution in [0.15, 0.2) is 12.1 Å². The number of benzene rings is 1. The van der Waals surface area contributed by atoms with Crippen molar-refractivity contribution in [3.05, 3.63) is 35.1 Å². The number of carbonyl (C=O) groups is 1. The normalized spacial score (nSPS) is 21.1. The van der Waals surface area contributed by atoms with E-state index in [0.717, 1.165) is 31.5 Å². The molecule has 1 amide bonds. The van der Waals surface area contributed by atoms with Crippen molar-refractivity contribution in [3.8, 4) is 0 Å². The first-order chi connectivity index (χ1) is 9.83. The summed E-state index contributed by atoms with van der Waals surface area (Å²) >= 11 is 0. The molecule has 0 aromatic heterocycles. The Hall–Kier alpha value is -1.56. The molecule has 1 unspecified atom stereocenters. The molecule has 0 spiro atoms. The summed E-state index contributed by atoms with van der Waals surface area (Å²) in [6.07, 6.45) is 2.09. The van der Waals surface area contributed by atoms with Gasteiger partial charge in [-0.15, -0.1) is 0 Å². The molecule has 1 aromatic rings. The number of piperidine rings is 1. The summed E-state index contributed by atoms with van der Waals surface area (Å²) in [5.74, 6) is -5.13. The van der Waals surface area contributed by atoms with E-state index in [9.17, 15) is 18.0 Å². The number of halogens is 3. The van der Waals surface area contributed by atoms with Crippen molar-refractivity contribution in [2.75, 3.05) is 13.1 Å². The third-order valence-corrected chi connectivity index (χ3v) is 4.08. The molecule has 6 heteroatoms. The lowest BCUT2D eigenvalue weighted by atomic mass is 9.77. The van der Waals surface area contributed by atoms with Crippen LogP contribution in [0.5, 0.6) is 0 Å². The highest BCUT2D eigenvalue weighted by molar-refractivity contribution is 5.94. The van der Waals surface area contributed by atoms with Crippen molar-refractivity contribution in [2.24, 2.45) is 5.41 Å². The minimum Gasteiger partial charge on any atom is -0.350 e. The largest absolute Gasteiger partial charge is 0.350 e. The van der Waals surface area contributed by atoms with Gasteiger partial charge in [0.05, 0.1) is 5.56 Å². The summed E-state index contributed by atoms with van der Waals surface area (Å²) in [6, 6.07) is 1.75. The minimum atomic E-state index is -1.63. The molecule has 2 N–H and O–H groups in total. The van der Waals surface area contributed by atoms with E-state index in [1.807, 2.05) is 0 Å². The van der Waals surface area contributed by atoms with E-state index in [4.69, 9.17) is 0 Å². The number of amides is 1. The van der Waals surface area contributed by atoms with Gasteiger partial charge in [0.25, 0.3) is 5.91 Å². The molecule has 0 saturated carbocycles. The molecule has 1 aliphatic heterocycles. The fraction of sp³-hybridized carbons (Fsp3) is 0.533. The summed E-state index contributed by atoms with van der Waals surface area (Å²) in [5, 5.41) is 5.89. The van der Waals surface area contributed by atoms with E-state index in [0.29, 0.717) is 6.54 Å². The van der Waals surface area contributed by atoms with Crippen LogP contribution < -0.4 is 10.6 Å². The van der Waals surface area contributed by atoms with Crippen molar-refractivity contribution in [2.45, 2.75) is 32.7 Å². The van der Waals surface area contributed by atoms with Gasteiger partial charge in [0.15, 0.2) is 17.5 Å². The zero-order chi connectivity index (χ0) is 15.6. The summed E-state index contributed by atoms with van der Waals surface area (Å²) in [6.45, 7) is 5.36. The number of hydrogen-bond donors (Lipinski definition) is 2. The monoisotopic (exact) mass is 300 g/mol. The SMILES string of the molecule is CC1(C)CCCNC1CNC(=O)c1ccc(F)c(F)c1F. The summed E-state index contributed by atoms with van der Waals surface area (Å²) < 4.78 is 39.5. The van der Waals surface area contributed by atoms with Crippen molar-refractivity contribution in [1.29, 1.82) is 0 Å². The molecule has 21 heavy (non-hydrogen) atoms. The van der Waals surface area contributed by atoms with Gasteiger partial charge in [-0.1, -0.05) is 13.8 Å². The van der Waals surface area contributed by atoms with Gasteiger partial charge >= 0.3 is 0 Å². The van der Waals surface area contributed by atoms with E-state index in [1.165, 1.54) is 0 Å². The lowest BCUT2D eigenvalue weighted by Gasteiger charge is -2.39. The van der Waals surface area contributed by atoms with Gasteiger partial charge in [0, 0.05) is 12.6 Å². The van der Waals surface area contributed by atoms with E-state index >= 15 is 0 Å². The second kappa shape index (κ2) is 6.05. The minimum absolute atomic E-state index is 0.0120. The van der Waals surface area contributed by atoms with Crippen molar-refractivity contribution < 1.29 is 18.0 Å². The fourth-order valence-corrected chi connectivity index (χ4v) is 2.61. The van der Waals surface area contributed by atoms with Gasteiger partial charge in [-0.3, -0.25) is 4.79 Å². The lowest BCUT2D eigenvalue weighted by molar-refractivity contribution is 0.0923. The number of nitrogens with one attached hydrogen (secondary N) is 2. The fourth-order valence-electron chi connectivity index (χ4n) is 2.61. The zero-order valence-corrected chi connectivity index (χ0v) is 12.1.